The number of benzene rings is 9. The van der Waals surface area contributed by atoms with Gasteiger partial charge in [0.05, 0.1) is 34.5 Å². The van der Waals surface area contributed by atoms with Gasteiger partial charge in [-0.05, 0) is 105 Å². The Labute approximate surface area is 354 Å². The van der Waals surface area contributed by atoms with Crippen molar-refractivity contribution in [2.45, 2.75) is 5.41 Å². The predicted octanol–water partition coefficient (Wildman–Crippen LogP) is 14.2. The third-order valence-electron chi connectivity index (χ3n) is 12.5. The van der Waals surface area contributed by atoms with Crippen LogP contribution in [0.4, 0.5) is 17.1 Å². The maximum atomic E-state index is 5.01. The number of nitrogens with zero attached hydrogens (tertiary/aromatic N) is 4. The molecule has 4 nitrogen and oxygen atoms in total. The molecular weight excluding hydrogens is 741 g/mol. The zero-order chi connectivity index (χ0) is 40.3. The monoisotopic (exact) mass is 778 g/mol. The lowest BCUT2D eigenvalue weighted by atomic mass is 9.67. The fraction of sp³-hybridized carbons (Fsp3) is 0.0175. The molecule has 2 aromatic heterocycles. The average Bonchev–Trinajstić information content (AvgIpc) is 3.83. The van der Waals surface area contributed by atoms with E-state index in [2.05, 4.69) is 222 Å². The average molecular weight is 779 g/mol. The number of aromatic nitrogens is 3. The smallest absolute Gasteiger partial charge is 0.159 e. The van der Waals surface area contributed by atoms with Gasteiger partial charge in [-0.1, -0.05) is 158 Å². The Morgan fingerprint density at radius 1 is 0.393 bits per heavy atom. The number of hydrogen-bond acceptors (Lipinski definition) is 3. The lowest BCUT2D eigenvalue weighted by Crippen LogP contribution is -2.28. The van der Waals surface area contributed by atoms with Crippen LogP contribution in [0, 0.1) is 0 Å². The van der Waals surface area contributed by atoms with Gasteiger partial charge in [-0.3, -0.25) is 0 Å². The number of para-hydroxylation sites is 2. The summed E-state index contributed by atoms with van der Waals surface area (Å²) in [6.07, 6.45) is 3.87. The highest BCUT2D eigenvalue weighted by Gasteiger charge is 2.46. The van der Waals surface area contributed by atoms with Crippen molar-refractivity contribution in [3.8, 4) is 28.2 Å². The van der Waals surface area contributed by atoms with Gasteiger partial charge < -0.3 is 9.47 Å². The molecule has 0 bridgehead atoms. The SMILES string of the molecule is c1ccc(N(c2cnc(-c3ccc4c(c3)c3ccccc3n4-c3ccc4c(c3)C(c3ccccc3)(c3ccccc3)c3ccccc3-4)nc2)c2ccc3ccccc3c2)cc1. The lowest BCUT2D eigenvalue weighted by molar-refractivity contribution is 0.767. The van der Waals surface area contributed by atoms with Crippen molar-refractivity contribution < 1.29 is 0 Å². The zero-order valence-electron chi connectivity index (χ0n) is 33.2. The Hall–Kier alpha value is -8.08. The molecule has 0 N–H and O–H groups in total. The van der Waals surface area contributed by atoms with Crippen LogP contribution in [0.5, 0.6) is 0 Å². The highest BCUT2D eigenvalue weighted by atomic mass is 15.2. The van der Waals surface area contributed by atoms with Crippen molar-refractivity contribution in [2.75, 3.05) is 4.90 Å². The first-order chi connectivity index (χ1) is 30.3. The second-order valence-corrected chi connectivity index (χ2v) is 15.8. The molecular formula is C57H38N4. The van der Waals surface area contributed by atoms with E-state index in [0.29, 0.717) is 5.82 Å². The molecule has 4 heteroatoms. The summed E-state index contributed by atoms with van der Waals surface area (Å²) in [7, 11) is 0. The molecule has 12 rings (SSSR count). The van der Waals surface area contributed by atoms with Gasteiger partial charge in [-0.15, -0.1) is 0 Å². The molecule has 0 atom stereocenters. The predicted molar refractivity (Wildman–Crippen MR) is 251 cm³/mol. The normalized spacial score (nSPS) is 12.7. The quantitative estimate of drug-likeness (QED) is 0.162. The summed E-state index contributed by atoms with van der Waals surface area (Å²) < 4.78 is 2.42. The van der Waals surface area contributed by atoms with Crippen LogP contribution in [-0.4, -0.2) is 14.5 Å². The van der Waals surface area contributed by atoms with Gasteiger partial charge >= 0.3 is 0 Å². The van der Waals surface area contributed by atoms with Gasteiger partial charge in [0.25, 0.3) is 0 Å². The molecule has 0 saturated heterocycles. The van der Waals surface area contributed by atoms with Crippen LogP contribution in [0.3, 0.4) is 0 Å². The van der Waals surface area contributed by atoms with E-state index in [1.54, 1.807) is 0 Å². The van der Waals surface area contributed by atoms with Crippen LogP contribution in [-0.2, 0) is 5.41 Å². The molecule has 1 aliphatic rings. The van der Waals surface area contributed by atoms with Gasteiger partial charge in [0.1, 0.15) is 0 Å². The highest BCUT2D eigenvalue weighted by Crippen LogP contribution is 2.56. The van der Waals surface area contributed by atoms with Crippen molar-refractivity contribution in [3.05, 3.63) is 253 Å². The molecule has 0 aliphatic heterocycles. The number of rotatable bonds is 7. The van der Waals surface area contributed by atoms with E-state index < -0.39 is 5.41 Å². The summed E-state index contributed by atoms with van der Waals surface area (Å²) in [5, 5.41) is 4.73. The second kappa shape index (κ2) is 14.0. The third-order valence-corrected chi connectivity index (χ3v) is 12.5. The molecule has 11 aromatic rings. The Kier molecular flexibility index (Phi) is 8.04. The molecule has 0 fully saturated rings. The van der Waals surface area contributed by atoms with Crippen molar-refractivity contribution in [1.29, 1.82) is 0 Å². The van der Waals surface area contributed by atoms with E-state index in [1.165, 1.54) is 49.5 Å². The fourth-order valence-electron chi connectivity index (χ4n) is 9.89. The molecule has 0 saturated carbocycles. The number of anilines is 3. The van der Waals surface area contributed by atoms with Crippen LogP contribution in [0.25, 0.3) is 60.8 Å². The van der Waals surface area contributed by atoms with Crippen LogP contribution < -0.4 is 4.90 Å². The topological polar surface area (TPSA) is 34.0 Å². The summed E-state index contributed by atoms with van der Waals surface area (Å²) in [4.78, 5) is 12.2. The Bertz CT molecular complexity index is 3370. The van der Waals surface area contributed by atoms with Crippen molar-refractivity contribution in [1.82, 2.24) is 14.5 Å². The van der Waals surface area contributed by atoms with Crippen LogP contribution >= 0.6 is 0 Å². The summed E-state index contributed by atoms with van der Waals surface area (Å²) in [6.45, 7) is 0. The molecule has 61 heavy (non-hydrogen) atoms. The first-order valence-electron chi connectivity index (χ1n) is 20.8. The number of hydrogen-bond donors (Lipinski definition) is 0. The van der Waals surface area contributed by atoms with E-state index in [0.717, 1.165) is 44.7 Å². The van der Waals surface area contributed by atoms with E-state index in [9.17, 15) is 0 Å². The molecule has 0 spiro atoms. The van der Waals surface area contributed by atoms with E-state index >= 15 is 0 Å². The second-order valence-electron chi connectivity index (χ2n) is 15.8. The third kappa shape index (κ3) is 5.46. The summed E-state index contributed by atoms with van der Waals surface area (Å²) in [5.41, 5.74) is 14.5. The maximum Gasteiger partial charge on any atom is 0.159 e. The summed E-state index contributed by atoms with van der Waals surface area (Å²) in [6, 6.07) is 78.8. The molecule has 2 heterocycles. The van der Waals surface area contributed by atoms with Gasteiger partial charge in [0, 0.05) is 33.4 Å². The summed E-state index contributed by atoms with van der Waals surface area (Å²) in [5.74, 6) is 0.680. The van der Waals surface area contributed by atoms with Crippen molar-refractivity contribution in [2.24, 2.45) is 0 Å². The van der Waals surface area contributed by atoms with Gasteiger partial charge in [-0.2, -0.15) is 0 Å². The minimum Gasteiger partial charge on any atom is -0.309 e. The zero-order valence-corrected chi connectivity index (χ0v) is 33.2. The van der Waals surface area contributed by atoms with Crippen LogP contribution in [0.15, 0.2) is 231 Å². The molecule has 0 unspecified atom stereocenters. The van der Waals surface area contributed by atoms with Crippen molar-refractivity contribution in [3.63, 3.8) is 0 Å². The van der Waals surface area contributed by atoms with Gasteiger partial charge in [-0.25, -0.2) is 9.97 Å². The molecule has 1 aliphatic carbocycles. The van der Waals surface area contributed by atoms with Crippen LogP contribution in [0.1, 0.15) is 22.3 Å². The first-order valence-corrected chi connectivity index (χ1v) is 20.8. The Balaban J connectivity index is 0.986. The highest BCUT2D eigenvalue weighted by molar-refractivity contribution is 6.10. The molecule has 286 valence electrons. The summed E-state index contributed by atoms with van der Waals surface area (Å²) >= 11 is 0. The van der Waals surface area contributed by atoms with E-state index in [1.807, 2.05) is 18.5 Å². The Morgan fingerprint density at radius 3 is 1.79 bits per heavy atom. The fourth-order valence-corrected chi connectivity index (χ4v) is 9.89. The molecule has 0 amide bonds. The standard InChI is InChI=1S/C57H38N4/c1-4-18-42(19-5-1)57(43-20-6-2-7-21-43)52-26-14-12-24-48(52)49-32-31-46(36-53(49)57)61-54-27-15-13-25-50(54)51-35-41(29-33-55(51)61)56-58-37-47(38-59-56)60(44-22-8-3-9-23-44)45-30-28-39-16-10-11-17-40(39)34-45/h1-38H. The van der Waals surface area contributed by atoms with Gasteiger partial charge in [0.2, 0.25) is 0 Å². The van der Waals surface area contributed by atoms with Crippen LogP contribution in [0.2, 0.25) is 0 Å². The largest absolute Gasteiger partial charge is 0.309 e. The minimum atomic E-state index is -0.482. The van der Waals surface area contributed by atoms with E-state index in [4.69, 9.17) is 9.97 Å². The first kappa shape index (κ1) is 34.9. The maximum absolute atomic E-state index is 5.01. The molecule has 0 radical (unpaired) electrons. The number of fused-ring (bicyclic) bond motifs is 7. The van der Waals surface area contributed by atoms with E-state index in [-0.39, 0.29) is 0 Å². The van der Waals surface area contributed by atoms with Gasteiger partial charge in [0.15, 0.2) is 5.82 Å². The lowest BCUT2D eigenvalue weighted by Gasteiger charge is -2.34. The molecule has 9 aromatic carbocycles. The van der Waals surface area contributed by atoms with Crippen molar-refractivity contribution >= 4 is 49.6 Å². The minimum absolute atomic E-state index is 0.482. The Morgan fingerprint density at radius 2 is 1.02 bits per heavy atom.